The third kappa shape index (κ3) is 4.84. The van der Waals surface area contributed by atoms with Gasteiger partial charge >= 0.3 is 0 Å². The van der Waals surface area contributed by atoms with Gasteiger partial charge in [-0.1, -0.05) is 12.1 Å². The number of halogens is 2. The molecule has 1 aromatic carbocycles. The molecule has 1 aromatic heterocycles. The molecule has 130 valence electrons. The number of nitrogens with two attached hydrogens (primary N) is 1. The molecule has 25 heavy (non-hydrogen) atoms. The van der Waals surface area contributed by atoms with Crippen LogP contribution < -0.4 is 16.4 Å². The molecule has 0 spiro atoms. The molecule has 2 rings (SSSR count). The molecule has 2 aromatic rings. The van der Waals surface area contributed by atoms with E-state index < -0.39 is 11.6 Å². The zero-order chi connectivity index (χ0) is 18.2. The minimum absolute atomic E-state index is 0.0484. The Hall–Kier alpha value is -3.29. The van der Waals surface area contributed by atoms with Gasteiger partial charge in [0.1, 0.15) is 5.84 Å². The summed E-state index contributed by atoms with van der Waals surface area (Å²) in [6, 6.07) is 5.56. The van der Waals surface area contributed by atoms with Gasteiger partial charge in [-0.3, -0.25) is 0 Å². The van der Waals surface area contributed by atoms with Crippen molar-refractivity contribution in [2.75, 3.05) is 12.4 Å². The second kappa shape index (κ2) is 8.53. The Balaban J connectivity index is 2.24. The van der Waals surface area contributed by atoms with Crippen LogP contribution >= 0.6 is 0 Å². The predicted molar refractivity (Wildman–Crippen MR) is 95.3 cm³/mol. The highest BCUT2D eigenvalue weighted by Crippen LogP contribution is 2.21. The molecule has 6 nitrogen and oxygen atoms in total. The normalized spacial score (nSPS) is 11.6. The van der Waals surface area contributed by atoms with Crippen LogP contribution in [0.5, 0.6) is 0 Å². The van der Waals surface area contributed by atoms with Crippen molar-refractivity contribution in [2.45, 2.75) is 6.54 Å². The second-order valence-electron chi connectivity index (χ2n) is 5.00. The lowest BCUT2D eigenvalue weighted by atomic mass is 10.2. The highest BCUT2D eigenvalue weighted by Gasteiger charge is 2.09. The Kier molecular flexibility index (Phi) is 6.16. The number of rotatable bonds is 7. The lowest BCUT2D eigenvalue weighted by Crippen LogP contribution is -2.09. The Labute approximate surface area is 144 Å². The van der Waals surface area contributed by atoms with Crippen LogP contribution in [0, 0.1) is 17.0 Å². The Morgan fingerprint density at radius 3 is 2.92 bits per heavy atom. The maximum Gasteiger partial charge on any atom is 0.163 e. The first-order chi connectivity index (χ1) is 12.0. The Bertz CT molecular complexity index is 817. The summed E-state index contributed by atoms with van der Waals surface area (Å²) < 4.78 is 27.0. The van der Waals surface area contributed by atoms with Crippen molar-refractivity contribution in [2.24, 2.45) is 10.7 Å². The van der Waals surface area contributed by atoms with E-state index >= 15 is 0 Å². The van der Waals surface area contributed by atoms with Crippen molar-refractivity contribution in [3.05, 3.63) is 65.5 Å². The summed E-state index contributed by atoms with van der Waals surface area (Å²) >= 11 is 0. The topological polar surface area (TPSA) is 99.2 Å². The van der Waals surface area contributed by atoms with E-state index in [1.54, 1.807) is 25.4 Å². The van der Waals surface area contributed by atoms with Crippen LogP contribution in [0.3, 0.4) is 0 Å². The van der Waals surface area contributed by atoms with Crippen LogP contribution in [0.1, 0.15) is 11.1 Å². The first-order valence-electron chi connectivity index (χ1n) is 7.40. The zero-order valence-electron chi connectivity index (χ0n) is 13.6. The van der Waals surface area contributed by atoms with E-state index in [9.17, 15) is 8.78 Å². The predicted octanol–water partition coefficient (Wildman–Crippen LogP) is 2.69. The first kappa shape index (κ1) is 18.1. The molecular weight excluding hydrogens is 326 g/mol. The molecule has 0 radical (unpaired) electrons. The Morgan fingerprint density at radius 2 is 2.20 bits per heavy atom. The summed E-state index contributed by atoms with van der Waals surface area (Å²) in [6.45, 7) is 0.0484. The lowest BCUT2D eigenvalue weighted by molar-refractivity contribution is 0.500. The van der Waals surface area contributed by atoms with Crippen molar-refractivity contribution in [1.29, 1.82) is 5.41 Å². The maximum atomic E-state index is 13.7. The average molecular weight is 344 g/mol. The van der Waals surface area contributed by atoms with E-state index in [2.05, 4.69) is 20.6 Å². The van der Waals surface area contributed by atoms with E-state index in [1.165, 1.54) is 18.3 Å². The summed E-state index contributed by atoms with van der Waals surface area (Å²) in [5.74, 6) is -1.24. The van der Waals surface area contributed by atoms with Gasteiger partial charge in [-0.05, 0) is 18.3 Å². The molecule has 0 fully saturated rings. The molecule has 5 N–H and O–H groups in total. The standard InChI is InChI=1S/C17H18F2N6/c1-22-6-5-15(21)25-16-7-14(12(8-20)10-24-16)23-9-11-3-2-4-13(18)17(11)19/h2-8,10,20,22H,9H2,1H3,(H3,21,23,24,25)/b6-5-,20-8?. The molecular formula is C17H18F2N6. The number of anilines is 1. The van der Waals surface area contributed by atoms with E-state index in [-0.39, 0.29) is 17.9 Å². The van der Waals surface area contributed by atoms with Crippen LogP contribution in [-0.4, -0.2) is 24.1 Å². The molecule has 0 unspecified atom stereocenters. The molecule has 1 heterocycles. The smallest absolute Gasteiger partial charge is 0.163 e. The van der Waals surface area contributed by atoms with Crippen LogP contribution in [-0.2, 0) is 6.54 Å². The summed E-state index contributed by atoms with van der Waals surface area (Å²) in [4.78, 5) is 8.22. The molecule has 0 atom stereocenters. The van der Waals surface area contributed by atoms with Gasteiger partial charge in [-0.25, -0.2) is 18.8 Å². The van der Waals surface area contributed by atoms with E-state index in [1.807, 2.05) is 0 Å². The number of nitrogens with one attached hydrogen (secondary N) is 3. The van der Waals surface area contributed by atoms with Gasteiger partial charge < -0.3 is 21.8 Å². The first-order valence-corrected chi connectivity index (χ1v) is 7.40. The van der Waals surface area contributed by atoms with Crippen molar-refractivity contribution >= 4 is 23.6 Å². The number of nitrogens with zero attached hydrogens (tertiary/aromatic N) is 2. The van der Waals surface area contributed by atoms with E-state index in [0.29, 0.717) is 17.1 Å². The highest BCUT2D eigenvalue weighted by molar-refractivity contribution is 5.93. The highest BCUT2D eigenvalue weighted by atomic mass is 19.2. The van der Waals surface area contributed by atoms with Crippen molar-refractivity contribution in [3.63, 3.8) is 0 Å². The van der Waals surface area contributed by atoms with Crippen LogP contribution in [0.4, 0.5) is 20.3 Å². The van der Waals surface area contributed by atoms with Crippen molar-refractivity contribution in [1.82, 2.24) is 10.3 Å². The minimum atomic E-state index is -0.907. The fourth-order valence-corrected chi connectivity index (χ4v) is 2.00. The molecule has 0 aliphatic carbocycles. The fourth-order valence-electron chi connectivity index (χ4n) is 2.00. The number of amidine groups is 1. The number of benzene rings is 1. The largest absolute Gasteiger partial charge is 0.394 e. The van der Waals surface area contributed by atoms with Gasteiger partial charge in [-0.2, -0.15) is 0 Å². The maximum absolute atomic E-state index is 13.7. The van der Waals surface area contributed by atoms with Crippen molar-refractivity contribution < 1.29 is 8.78 Å². The van der Waals surface area contributed by atoms with Gasteiger partial charge in [0.05, 0.1) is 0 Å². The molecule has 0 amide bonds. The number of aromatic nitrogens is 1. The Morgan fingerprint density at radius 1 is 1.40 bits per heavy atom. The number of aliphatic imine (C=N–C) groups is 1. The van der Waals surface area contributed by atoms with Crippen LogP contribution in [0.15, 0.2) is 47.7 Å². The monoisotopic (exact) mass is 344 g/mol. The SMILES string of the molecule is CN/C=C\C(N)=Nc1cc(NCc2cccc(F)c2F)c(C=N)cn1. The summed E-state index contributed by atoms with van der Waals surface area (Å²) in [7, 11) is 1.73. The molecule has 0 aliphatic heterocycles. The zero-order valence-corrected chi connectivity index (χ0v) is 13.6. The lowest BCUT2D eigenvalue weighted by Gasteiger charge is -2.11. The molecule has 0 bridgehead atoms. The molecule has 8 heteroatoms. The van der Waals surface area contributed by atoms with Crippen LogP contribution in [0.25, 0.3) is 0 Å². The third-order valence-corrected chi connectivity index (χ3v) is 3.24. The molecule has 0 saturated carbocycles. The minimum Gasteiger partial charge on any atom is -0.394 e. The van der Waals surface area contributed by atoms with Crippen LogP contribution in [0.2, 0.25) is 0 Å². The summed E-state index contributed by atoms with van der Waals surface area (Å²) in [5, 5.41) is 13.2. The van der Waals surface area contributed by atoms with Gasteiger partial charge in [0.15, 0.2) is 17.5 Å². The van der Waals surface area contributed by atoms with Gasteiger partial charge in [-0.15, -0.1) is 0 Å². The van der Waals surface area contributed by atoms with Crippen molar-refractivity contribution in [3.8, 4) is 0 Å². The third-order valence-electron chi connectivity index (χ3n) is 3.24. The number of hydrogen-bond donors (Lipinski definition) is 4. The summed E-state index contributed by atoms with van der Waals surface area (Å²) in [6.07, 6.45) is 5.75. The second-order valence-corrected chi connectivity index (χ2v) is 5.00. The van der Waals surface area contributed by atoms with E-state index in [0.717, 1.165) is 12.3 Å². The average Bonchev–Trinajstić information content (AvgIpc) is 2.61. The number of hydrogen-bond acceptors (Lipinski definition) is 5. The summed E-state index contributed by atoms with van der Waals surface area (Å²) in [5.41, 5.74) is 6.91. The molecule has 0 saturated heterocycles. The van der Waals surface area contributed by atoms with Gasteiger partial charge in [0.2, 0.25) is 0 Å². The number of pyridine rings is 1. The quantitative estimate of drug-likeness (QED) is 0.458. The van der Waals surface area contributed by atoms with Gasteiger partial charge in [0.25, 0.3) is 0 Å². The van der Waals surface area contributed by atoms with Gasteiger partial charge in [0, 0.05) is 48.9 Å². The molecule has 0 aliphatic rings. The fraction of sp³-hybridized carbons (Fsp3) is 0.118. The van der Waals surface area contributed by atoms with E-state index in [4.69, 9.17) is 11.1 Å².